The molecule has 2 rings (SSSR count). The summed E-state index contributed by atoms with van der Waals surface area (Å²) in [5.74, 6) is -1.56. The van der Waals surface area contributed by atoms with Crippen LogP contribution < -0.4 is 4.74 Å². The van der Waals surface area contributed by atoms with Crippen molar-refractivity contribution < 1.29 is 23.0 Å². The van der Waals surface area contributed by atoms with E-state index in [9.17, 15) is 18.3 Å². The van der Waals surface area contributed by atoms with Crippen molar-refractivity contribution in [2.45, 2.75) is 6.61 Å². The molecule has 0 bridgehead atoms. The molecular weight excluding hydrogens is 355 g/mol. The van der Waals surface area contributed by atoms with Crippen LogP contribution in [0, 0.1) is 17.1 Å². The van der Waals surface area contributed by atoms with Crippen molar-refractivity contribution in [2.24, 2.45) is 7.05 Å². The highest BCUT2D eigenvalue weighted by Crippen LogP contribution is 2.38. The molecule has 0 saturated carbocycles. The average Bonchev–Trinajstić information content (AvgIpc) is 2.68. The Hall–Kier alpha value is -2.21. The zero-order valence-electron chi connectivity index (χ0n) is 10.4. The Kier molecular flexibility index (Phi) is 4.09. The largest absolute Gasteiger partial charge is 0.507 e. The van der Waals surface area contributed by atoms with Crippen molar-refractivity contribution in [3.63, 3.8) is 0 Å². The second-order valence-electron chi connectivity index (χ2n) is 3.93. The number of aromatic hydroxyl groups is 1. The molecule has 1 N–H and O–H groups in total. The first kappa shape index (κ1) is 15.2. The van der Waals surface area contributed by atoms with E-state index in [-0.39, 0.29) is 27.2 Å². The van der Waals surface area contributed by atoms with Gasteiger partial charge >= 0.3 is 6.61 Å². The number of phenolic OH excluding ortho intramolecular Hbond substituents is 1. The molecule has 0 radical (unpaired) electrons. The minimum absolute atomic E-state index is 0.00769. The number of alkyl halides is 2. The summed E-state index contributed by atoms with van der Waals surface area (Å²) in [5, 5.41) is 22.2. The SMILES string of the molecule is Cn1nc(-c2cc(O)c(C#N)cc2F)c(Br)c1OC(F)F. The number of nitriles is 1. The fraction of sp³-hybridized carbons (Fsp3) is 0.167. The van der Waals surface area contributed by atoms with E-state index in [1.54, 1.807) is 6.07 Å². The first-order chi connectivity index (χ1) is 9.85. The summed E-state index contributed by atoms with van der Waals surface area (Å²) in [7, 11) is 1.34. The van der Waals surface area contributed by atoms with Crippen LogP contribution in [0.25, 0.3) is 11.3 Å². The molecule has 0 aliphatic rings. The molecule has 2 aromatic rings. The lowest BCUT2D eigenvalue weighted by atomic mass is 10.1. The Morgan fingerprint density at radius 2 is 2.14 bits per heavy atom. The average molecular weight is 362 g/mol. The van der Waals surface area contributed by atoms with Crippen molar-refractivity contribution in [1.29, 1.82) is 5.26 Å². The lowest BCUT2D eigenvalue weighted by Crippen LogP contribution is -2.06. The fourth-order valence-electron chi connectivity index (χ4n) is 1.70. The molecule has 0 atom stereocenters. The molecular formula is C12H7BrF3N3O2. The van der Waals surface area contributed by atoms with E-state index in [4.69, 9.17) is 5.26 Å². The Morgan fingerprint density at radius 3 is 2.71 bits per heavy atom. The molecule has 0 unspecified atom stereocenters. The minimum atomic E-state index is -3.07. The molecule has 21 heavy (non-hydrogen) atoms. The molecule has 9 heteroatoms. The maximum atomic E-state index is 14.0. The van der Waals surface area contributed by atoms with E-state index in [1.165, 1.54) is 7.05 Å². The van der Waals surface area contributed by atoms with Crippen LogP contribution in [0.1, 0.15) is 5.56 Å². The number of benzene rings is 1. The molecule has 0 spiro atoms. The number of rotatable bonds is 3. The Balaban J connectivity index is 2.58. The number of halogens is 4. The van der Waals surface area contributed by atoms with Gasteiger partial charge in [-0.1, -0.05) is 0 Å². The van der Waals surface area contributed by atoms with Gasteiger partial charge in [-0.15, -0.1) is 0 Å². The number of phenols is 1. The van der Waals surface area contributed by atoms with Crippen molar-refractivity contribution in [3.8, 4) is 29.0 Å². The smallest absolute Gasteiger partial charge is 0.388 e. The Bertz CT molecular complexity index is 740. The van der Waals surface area contributed by atoms with Gasteiger partial charge in [0.15, 0.2) is 0 Å². The predicted octanol–water partition coefficient (Wildman–Crippen LogP) is 3.17. The number of ether oxygens (including phenoxy) is 1. The summed E-state index contributed by atoms with van der Waals surface area (Å²) < 4.78 is 43.8. The van der Waals surface area contributed by atoms with E-state index < -0.39 is 18.2 Å². The summed E-state index contributed by atoms with van der Waals surface area (Å²) in [6, 6.07) is 3.45. The second kappa shape index (κ2) is 5.65. The van der Waals surface area contributed by atoms with Gasteiger partial charge in [0.25, 0.3) is 0 Å². The fourth-order valence-corrected chi connectivity index (χ4v) is 2.34. The van der Waals surface area contributed by atoms with E-state index in [0.717, 1.165) is 16.8 Å². The third-order valence-corrected chi connectivity index (χ3v) is 3.32. The van der Waals surface area contributed by atoms with Gasteiger partial charge in [-0.2, -0.15) is 19.1 Å². The number of nitrogens with zero attached hydrogens (tertiary/aromatic N) is 3. The highest BCUT2D eigenvalue weighted by molar-refractivity contribution is 9.10. The molecule has 0 aliphatic heterocycles. The third kappa shape index (κ3) is 2.80. The first-order valence-electron chi connectivity index (χ1n) is 5.45. The summed E-state index contributed by atoms with van der Waals surface area (Å²) >= 11 is 3.01. The van der Waals surface area contributed by atoms with E-state index in [2.05, 4.69) is 25.8 Å². The topological polar surface area (TPSA) is 71.1 Å². The number of hydrogen-bond donors (Lipinski definition) is 1. The summed E-state index contributed by atoms with van der Waals surface area (Å²) in [5.41, 5.74) is -0.434. The van der Waals surface area contributed by atoms with Gasteiger partial charge in [-0.3, -0.25) is 0 Å². The maximum absolute atomic E-state index is 14.0. The van der Waals surface area contributed by atoms with Gasteiger partial charge in [0, 0.05) is 12.6 Å². The quantitative estimate of drug-likeness (QED) is 0.911. The maximum Gasteiger partial charge on any atom is 0.388 e. The van der Waals surface area contributed by atoms with Crippen LogP contribution in [0.3, 0.4) is 0 Å². The van der Waals surface area contributed by atoms with Gasteiger partial charge in [-0.25, -0.2) is 9.07 Å². The van der Waals surface area contributed by atoms with Crippen molar-refractivity contribution in [1.82, 2.24) is 9.78 Å². The van der Waals surface area contributed by atoms with E-state index >= 15 is 0 Å². The summed E-state index contributed by atoms with van der Waals surface area (Å²) in [4.78, 5) is 0. The molecule has 0 aliphatic carbocycles. The molecule has 1 heterocycles. The normalized spacial score (nSPS) is 10.7. The lowest BCUT2D eigenvalue weighted by Gasteiger charge is -2.04. The third-order valence-electron chi connectivity index (χ3n) is 2.60. The summed E-state index contributed by atoms with van der Waals surface area (Å²) in [6.45, 7) is -3.07. The van der Waals surface area contributed by atoms with Crippen LogP contribution in [0.15, 0.2) is 16.6 Å². The Labute approximate surface area is 125 Å². The van der Waals surface area contributed by atoms with Gasteiger partial charge in [0.05, 0.1) is 5.56 Å². The predicted molar refractivity (Wildman–Crippen MR) is 69.3 cm³/mol. The van der Waals surface area contributed by atoms with E-state index in [0.29, 0.717) is 0 Å². The van der Waals surface area contributed by atoms with Gasteiger partial charge in [0.2, 0.25) is 5.88 Å². The number of hydrogen-bond acceptors (Lipinski definition) is 4. The molecule has 0 fully saturated rings. The van der Waals surface area contributed by atoms with Crippen molar-refractivity contribution >= 4 is 15.9 Å². The van der Waals surface area contributed by atoms with Crippen LogP contribution in [0.4, 0.5) is 13.2 Å². The second-order valence-corrected chi connectivity index (χ2v) is 4.72. The molecule has 5 nitrogen and oxygen atoms in total. The van der Waals surface area contributed by atoms with Crippen LogP contribution in [0.2, 0.25) is 0 Å². The summed E-state index contributed by atoms with van der Waals surface area (Å²) in [6.07, 6.45) is 0. The standard InChI is InChI=1S/C12H7BrF3N3O2/c1-19-11(21-12(15)16)9(13)10(18-19)6-3-8(20)5(4-17)2-7(6)14/h2-3,12,20H,1H3. The lowest BCUT2D eigenvalue weighted by molar-refractivity contribution is -0.0558. The van der Waals surface area contributed by atoms with Crippen molar-refractivity contribution in [3.05, 3.63) is 28.0 Å². The van der Waals surface area contributed by atoms with Gasteiger partial charge in [0.1, 0.15) is 27.8 Å². The van der Waals surface area contributed by atoms with Crippen molar-refractivity contribution in [2.75, 3.05) is 0 Å². The minimum Gasteiger partial charge on any atom is -0.507 e. The van der Waals surface area contributed by atoms with Crippen LogP contribution >= 0.6 is 15.9 Å². The van der Waals surface area contributed by atoms with Crippen LogP contribution in [0.5, 0.6) is 11.6 Å². The van der Waals surface area contributed by atoms with E-state index in [1.807, 2.05) is 0 Å². The van der Waals surface area contributed by atoms with Crippen LogP contribution in [-0.4, -0.2) is 21.5 Å². The van der Waals surface area contributed by atoms with Crippen LogP contribution in [-0.2, 0) is 7.05 Å². The molecule has 0 saturated heterocycles. The number of aromatic nitrogens is 2. The van der Waals surface area contributed by atoms with Gasteiger partial charge < -0.3 is 9.84 Å². The number of aryl methyl sites for hydroxylation is 1. The molecule has 1 aromatic heterocycles. The molecule has 1 aromatic carbocycles. The van der Waals surface area contributed by atoms with Gasteiger partial charge in [-0.05, 0) is 28.1 Å². The molecule has 0 amide bonds. The zero-order chi connectivity index (χ0) is 15.7. The first-order valence-corrected chi connectivity index (χ1v) is 6.24. The monoisotopic (exact) mass is 361 g/mol. The highest BCUT2D eigenvalue weighted by atomic mass is 79.9. The highest BCUT2D eigenvalue weighted by Gasteiger charge is 2.22. The zero-order valence-corrected chi connectivity index (χ0v) is 12.0. The Morgan fingerprint density at radius 1 is 1.48 bits per heavy atom. The molecule has 110 valence electrons.